The Morgan fingerprint density at radius 2 is 2.00 bits per heavy atom. The van der Waals surface area contributed by atoms with E-state index in [-0.39, 0.29) is 11.6 Å². The van der Waals surface area contributed by atoms with Gasteiger partial charge in [0.1, 0.15) is 5.69 Å². The number of rotatable bonds is 1. The van der Waals surface area contributed by atoms with E-state index in [2.05, 4.69) is 20.9 Å². The highest BCUT2D eigenvalue weighted by atomic mass is 79.9. The first kappa shape index (κ1) is 10.8. The molecule has 1 nitrogen and oxygen atoms in total. The highest BCUT2D eigenvalue weighted by Gasteiger charge is 2.32. The molecule has 0 amide bonds. The molecular weight excluding hydrogens is 270 g/mol. The first-order valence-electron chi connectivity index (χ1n) is 3.23. The minimum absolute atomic E-state index is 0.0511. The summed E-state index contributed by atoms with van der Waals surface area (Å²) >= 11 is 8.44. The Labute approximate surface area is 86.0 Å². The molecule has 72 valence electrons. The van der Waals surface area contributed by atoms with Crippen LogP contribution in [0.25, 0.3) is 0 Å². The van der Waals surface area contributed by atoms with Crippen molar-refractivity contribution >= 4 is 27.5 Å². The Hall–Kier alpha value is -0.290. The lowest BCUT2D eigenvalue weighted by molar-refractivity contribution is -0.141. The SMILES string of the molecule is FC(F)(F)c1ccc(Br)c(CCl)n1. The summed E-state index contributed by atoms with van der Waals surface area (Å²) < 4.78 is 36.8. The maximum absolute atomic E-state index is 12.1. The number of aromatic nitrogens is 1. The standard InChI is InChI=1S/C7H4BrClF3N/c8-4-1-2-6(7(10,11)12)13-5(4)3-9/h1-2H,3H2. The zero-order valence-corrected chi connectivity index (χ0v) is 8.54. The molecule has 0 aliphatic carbocycles. The third-order valence-electron chi connectivity index (χ3n) is 1.34. The van der Waals surface area contributed by atoms with E-state index in [1.54, 1.807) is 0 Å². The van der Waals surface area contributed by atoms with Crippen LogP contribution >= 0.6 is 27.5 Å². The van der Waals surface area contributed by atoms with Crippen molar-refractivity contribution in [3.05, 3.63) is 28.0 Å². The van der Waals surface area contributed by atoms with Gasteiger partial charge in [-0.1, -0.05) is 0 Å². The Bertz CT molecular complexity index is 313. The molecule has 0 fully saturated rings. The van der Waals surface area contributed by atoms with Gasteiger partial charge in [-0.05, 0) is 28.1 Å². The fourth-order valence-electron chi connectivity index (χ4n) is 0.736. The highest BCUT2D eigenvalue weighted by molar-refractivity contribution is 9.10. The van der Waals surface area contributed by atoms with E-state index in [1.165, 1.54) is 6.07 Å². The fraction of sp³-hybridized carbons (Fsp3) is 0.286. The lowest BCUT2D eigenvalue weighted by Crippen LogP contribution is -2.09. The van der Waals surface area contributed by atoms with Gasteiger partial charge in [-0.15, -0.1) is 11.6 Å². The van der Waals surface area contributed by atoms with Crippen LogP contribution in [0.5, 0.6) is 0 Å². The quantitative estimate of drug-likeness (QED) is 0.713. The molecule has 13 heavy (non-hydrogen) atoms. The van der Waals surface area contributed by atoms with Gasteiger partial charge in [-0.2, -0.15) is 13.2 Å². The van der Waals surface area contributed by atoms with Gasteiger partial charge in [0.15, 0.2) is 0 Å². The van der Waals surface area contributed by atoms with Crippen molar-refractivity contribution in [3.8, 4) is 0 Å². The predicted octanol–water partition coefficient (Wildman–Crippen LogP) is 3.60. The summed E-state index contributed by atoms with van der Waals surface area (Å²) in [6.45, 7) is 0. The van der Waals surface area contributed by atoms with Crippen molar-refractivity contribution in [1.82, 2.24) is 4.98 Å². The molecule has 0 aliphatic rings. The lowest BCUT2D eigenvalue weighted by Gasteiger charge is -2.07. The molecule has 6 heteroatoms. The van der Waals surface area contributed by atoms with E-state index in [0.29, 0.717) is 4.47 Å². The second kappa shape index (κ2) is 3.84. The number of pyridine rings is 1. The van der Waals surface area contributed by atoms with Gasteiger partial charge in [-0.3, -0.25) is 0 Å². The van der Waals surface area contributed by atoms with Gasteiger partial charge in [0, 0.05) is 4.47 Å². The molecule has 0 saturated heterocycles. The van der Waals surface area contributed by atoms with Crippen LogP contribution in [0, 0.1) is 0 Å². The van der Waals surface area contributed by atoms with Crippen molar-refractivity contribution in [2.24, 2.45) is 0 Å². The third kappa shape index (κ3) is 2.57. The second-order valence-corrected chi connectivity index (χ2v) is 3.38. The summed E-state index contributed by atoms with van der Waals surface area (Å²) in [4.78, 5) is 3.36. The van der Waals surface area contributed by atoms with Crippen LogP contribution in [0.1, 0.15) is 11.4 Å². The normalized spacial score (nSPS) is 11.8. The van der Waals surface area contributed by atoms with Gasteiger partial charge >= 0.3 is 6.18 Å². The van der Waals surface area contributed by atoms with Gasteiger partial charge in [0.25, 0.3) is 0 Å². The van der Waals surface area contributed by atoms with Crippen LogP contribution in [0.4, 0.5) is 13.2 Å². The first-order chi connectivity index (χ1) is 5.95. The van der Waals surface area contributed by atoms with Crippen LogP contribution in [0.3, 0.4) is 0 Å². The Kier molecular flexibility index (Phi) is 3.18. The summed E-state index contributed by atoms with van der Waals surface area (Å²) in [5, 5.41) is 0. The molecular formula is C7H4BrClF3N. The largest absolute Gasteiger partial charge is 0.433 e. The van der Waals surface area contributed by atoms with Gasteiger partial charge in [0.2, 0.25) is 0 Å². The van der Waals surface area contributed by atoms with Gasteiger partial charge in [0.05, 0.1) is 11.6 Å². The number of alkyl halides is 4. The molecule has 0 radical (unpaired) electrons. The average Bonchev–Trinajstić information content (AvgIpc) is 2.03. The maximum Gasteiger partial charge on any atom is 0.433 e. The minimum Gasteiger partial charge on any atom is -0.246 e. The molecule has 1 heterocycles. The summed E-state index contributed by atoms with van der Waals surface area (Å²) in [5.41, 5.74) is -0.733. The summed E-state index contributed by atoms with van der Waals surface area (Å²) in [5.74, 6) is -0.0511. The molecule has 1 rings (SSSR count). The molecule has 0 atom stereocenters. The molecule has 0 unspecified atom stereocenters. The molecule has 1 aromatic rings. The first-order valence-corrected chi connectivity index (χ1v) is 4.56. The van der Waals surface area contributed by atoms with Crippen molar-refractivity contribution < 1.29 is 13.2 Å². The van der Waals surface area contributed by atoms with Crippen molar-refractivity contribution in [2.75, 3.05) is 0 Å². The van der Waals surface area contributed by atoms with E-state index in [9.17, 15) is 13.2 Å². The minimum atomic E-state index is -4.42. The number of hydrogen-bond donors (Lipinski definition) is 0. The Balaban J connectivity index is 3.14. The fourth-order valence-corrected chi connectivity index (χ4v) is 1.46. The van der Waals surface area contributed by atoms with Crippen LogP contribution in [0.15, 0.2) is 16.6 Å². The summed E-state index contributed by atoms with van der Waals surface area (Å²) in [6, 6.07) is 2.19. The van der Waals surface area contributed by atoms with Crippen LogP contribution < -0.4 is 0 Å². The second-order valence-electron chi connectivity index (χ2n) is 2.26. The third-order valence-corrected chi connectivity index (χ3v) is 2.31. The molecule has 0 N–H and O–H groups in total. The maximum atomic E-state index is 12.1. The Morgan fingerprint density at radius 1 is 1.38 bits per heavy atom. The summed E-state index contributed by atoms with van der Waals surface area (Å²) in [7, 11) is 0. The van der Waals surface area contributed by atoms with Gasteiger partial charge in [-0.25, -0.2) is 4.98 Å². The highest BCUT2D eigenvalue weighted by Crippen LogP contribution is 2.29. The molecule has 0 saturated carbocycles. The van der Waals surface area contributed by atoms with E-state index in [0.717, 1.165) is 6.07 Å². The van der Waals surface area contributed by atoms with E-state index < -0.39 is 11.9 Å². The smallest absolute Gasteiger partial charge is 0.246 e. The zero-order valence-electron chi connectivity index (χ0n) is 6.20. The number of halogens is 5. The number of hydrogen-bond acceptors (Lipinski definition) is 1. The molecule has 0 spiro atoms. The van der Waals surface area contributed by atoms with Gasteiger partial charge < -0.3 is 0 Å². The van der Waals surface area contributed by atoms with E-state index in [4.69, 9.17) is 11.6 Å². The molecule has 0 bridgehead atoms. The Morgan fingerprint density at radius 3 is 2.46 bits per heavy atom. The zero-order chi connectivity index (χ0) is 10.1. The van der Waals surface area contributed by atoms with Crippen LogP contribution in [-0.4, -0.2) is 4.98 Å². The molecule has 1 aromatic heterocycles. The lowest BCUT2D eigenvalue weighted by atomic mass is 10.3. The van der Waals surface area contributed by atoms with Crippen LogP contribution in [-0.2, 0) is 12.1 Å². The summed E-state index contributed by atoms with van der Waals surface area (Å²) in [6.07, 6.45) is -4.42. The molecule has 0 aromatic carbocycles. The topological polar surface area (TPSA) is 12.9 Å². The average molecular weight is 274 g/mol. The number of nitrogens with zero attached hydrogens (tertiary/aromatic N) is 1. The van der Waals surface area contributed by atoms with Crippen molar-refractivity contribution in [3.63, 3.8) is 0 Å². The van der Waals surface area contributed by atoms with Crippen LogP contribution in [0.2, 0.25) is 0 Å². The molecule has 0 aliphatic heterocycles. The monoisotopic (exact) mass is 273 g/mol. The van der Waals surface area contributed by atoms with E-state index >= 15 is 0 Å². The predicted molar refractivity (Wildman–Crippen MR) is 46.5 cm³/mol. The van der Waals surface area contributed by atoms with Crippen molar-refractivity contribution in [1.29, 1.82) is 0 Å². The van der Waals surface area contributed by atoms with Crippen molar-refractivity contribution in [2.45, 2.75) is 12.1 Å². The van der Waals surface area contributed by atoms with E-state index in [1.807, 2.05) is 0 Å².